The summed E-state index contributed by atoms with van der Waals surface area (Å²) in [5, 5.41) is 19.5. The molecule has 0 fully saturated rings. The van der Waals surface area contributed by atoms with Gasteiger partial charge in [0.15, 0.2) is 0 Å². The van der Waals surface area contributed by atoms with Crippen molar-refractivity contribution in [2.24, 2.45) is 0 Å². The van der Waals surface area contributed by atoms with E-state index in [9.17, 15) is 5.26 Å². The molecule has 0 aliphatic carbocycles. The Morgan fingerprint density at radius 2 is 0.849 bits per heavy atom. The summed E-state index contributed by atoms with van der Waals surface area (Å²) in [6, 6.07) is 65.0. The number of hydrogen-bond acceptors (Lipinski definition) is 3. The van der Waals surface area contributed by atoms with E-state index in [1.54, 1.807) is 6.20 Å². The largest absolute Gasteiger partial charge is 0.310 e. The van der Waals surface area contributed by atoms with Gasteiger partial charge in [0.2, 0.25) is 0 Å². The molecule has 0 spiro atoms. The van der Waals surface area contributed by atoms with Gasteiger partial charge in [-0.1, -0.05) is 91.0 Å². The van der Waals surface area contributed by atoms with Crippen molar-refractivity contribution in [1.82, 2.24) is 4.98 Å². The predicted molar refractivity (Wildman–Crippen MR) is 221 cm³/mol. The molecule has 0 aliphatic heterocycles. The molecule has 0 bridgehead atoms. The fraction of sp³-hybridized carbons (Fsp3) is 0. The van der Waals surface area contributed by atoms with Crippen molar-refractivity contribution in [3.05, 3.63) is 194 Å². The maximum Gasteiger partial charge on any atom is 0.0991 e. The highest BCUT2D eigenvalue weighted by atomic mass is 15.1. The predicted octanol–water partition coefficient (Wildman–Crippen LogP) is 13.5. The third kappa shape index (κ3) is 5.42. The summed E-state index contributed by atoms with van der Waals surface area (Å²) in [7, 11) is 0. The molecule has 3 heteroatoms. The Kier molecular flexibility index (Phi) is 7.20. The van der Waals surface area contributed by atoms with E-state index in [0.717, 1.165) is 33.6 Å². The summed E-state index contributed by atoms with van der Waals surface area (Å²) < 4.78 is 0. The molecule has 0 radical (unpaired) electrons. The average Bonchev–Trinajstić information content (AvgIpc) is 3.23. The monoisotopic (exact) mass is 673 g/mol. The molecule has 3 nitrogen and oxygen atoms in total. The Balaban J connectivity index is 1.02. The van der Waals surface area contributed by atoms with Gasteiger partial charge in [0.1, 0.15) is 0 Å². The van der Waals surface area contributed by atoms with Gasteiger partial charge in [0.05, 0.1) is 11.6 Å². The lowest BCUT2D eigenvalue weighted by Gasteiger charge is -2.26. The van der Waals surface area contributed by atoms with Crippen LogP contribution >= 0.6 is 0 Å². The van der Waals surface area contributed by atoms with Crippen LogP contribution in [-0.4, -0.2) is 4.98 Å². The van der Waals surface area contributed by atoms with Gasteiger partial charge in [-0.3, -0.25) is 4.98 Å². The third-order valence-electron chi connectivity index (χ3n) is 10.4. The highest BCUT2D eigenvalue weighted by molar-refractivity contribution is 6.24. The van der Waals surface area contributed by atoms with Crippen LogP contribution in [0.25, 0.3) is 76.5 Å². The standard InChI is InChI=1S/C50H31N3/c51-31-33-8-19-46(20-9-33)53(47-21-16-35(17-22-47)43-7-4-24-52-32-43)48-23-18-36-25-37(10-11-38(36)30-48)45-28-41-14-12-39-26-44(34-5-2-1-3-6-34)27-40-13-15-42(29-45)50(41)49(39)40/h1-30,32H. The van der Waals surface area contributed by atoms with Crippen molar-refractivity contribution in [3.8, 4) is 39.4 Å². The number of aromatic nitrogens is 1. The molecule has 9 aromatic carbocycles. The normalized spacial score (nSPS) is 11.4. The average molecular weight is 674 g/mol. The molecule has 10 aromatic rings. The van der Waals surface area contributed by atoms with Crippen molar-refractivity contribution >= 4 is 60.2 Å². The van der Waals surface area contributed by atoms with Gasteiger partial charge >= 0.3 is 0 Å². The van der Waals surface area contributed by atoms with Crippen LogP contribution in [0.4, 0.5) is 17.1 Å². The molecule has 0 unspecified atom stereocenters. The number of anilines is 3. The lowest BCUT2D eigenvalue weighted by atomic mass is 9.89. The van der Waals surface area contributed by atoms with E-state index in [1.165, 1.54) is 60.0 Å². The van der Waals surface area contributed by atoms with E-state index in [-0.39, 0.29) is 0 Å². The van der Waals surface area contributed by atoms with Gasteiger partial charge in [0, 0.05) is 29.5 Å². The molecule has 53 heavy (non-hydrogen) atoms. The molecular formula is C50H31N3. The van der Waals surface area contributed by atoms with Crippen LogP contribution in [0.2, 0.25) is 0 Å². The quantitative estimate of drug-likeness (QED) is 0.165. The Morgan fingerprint density at radius 3 is 1.45 bits per heavy atom. The third-order valence-corrected chi connectivity index (χ3v) is 10.4. The molecular weight excluding hydrogens is 643 g/mol. The van der Waals surface area contributed by atoms with E-state index in [1.807, 2.05) is 36.5 Å². The highest BCUT2D eigenvalue weighted by Crippen LogP contribution is 2.41. The van der Waals surface area contributed by atoms with Gasteiger partial charge in [-0.05, 0) is 161 Å². The van der Waals surface area contributed by atoms with Crippen LogP contribution in [0.5, 0.6) is 0 Å². The van der Waals surface area contributed by atoms with Gasteiger partial charge in [-0.2, -0.15) is 5.26 Å². The maximum atomic E-state index is 9.46. The zero-order valence-corrected chi connectivity index (χ0v) is 28.7. The molecule has 0 aliphatic rings. The van der Waals surface area contributed by atoms with Crippen molar-refractivity contribution in [2.45, 2.75) is 0 Å². The number of nitrogens with zero attached hydrogens (tertiary/aromatic N) is 3. The molecule has 0 N–H and O–H groups in total. The summed E-state index contributed by atoms with van der Waals surface area (Å²) in [6.07, 6.45) is 3.67. The van der Waals surface area contributed by atoms with Gasteiger partial charge < -0.3 is 4.90 Å². The smallest absolute Gasteiger partial charge is 0.0991 e. The summed E-state index contributed by atoms with van der Waals surface area (Å²) in [6.45, 7) is 0. The Hall–Kier alpha value is -7.28. The van der Waals surface area contributed by atoms with Crippen LogP contribution in [-0.2, 0) is 0 Å². The Bertz CT molecular complexity index is 2910. The molecule has 0 atom stereocenters. The maximum absolute atomic E-state index is 9.46. The first-order chi connectivity index (χ1) is 26.2. The van der Waals surface area contributed by atoms with Crippen LogP contribution in [0.15, 0.2) is 188 Å². The molecule has 10 rings (SSSR count). The van der Waals surface area contributed by atoms with Crippen molar-refractivity contribution < 1.29 is 0 Å². The number of benzene rings is 9. The summed E-state index contributed by atoms with van der Waals surface area (Å²) in [5.41, 5.74) is 10.8. The van der Waals surface area contributed by atoms with Crippen LogP contribution in [0, 0.1) is 11.3 Å². The van der Waals surface area contributed by atoms with Crippen LogP contribution < -0.4 is 4.90 Å². The van der Waals surface area contributed by atoms with Gasteiger partial charge in [-0.25, -0.2) is 0 Å². The van der Waals surface area contributed by atoms with Crippen LogP contribution in [0.3, 0.4) is 0 Å². The SMILES string of the molecule is N#Cc1ccc(N(c2ccc(-c3cccnc3)cc2)c2ccc3cc(-c4cc5ccc6cc(-c7ccccc7)cc7ccc(c4)c5c67)ccc3c2)cc1. The van der Waals surface area contributed by atoms with E-state index >= 15 is 0 Å². The second-order valence-electron chi connectivity index (χ2n) is 13.6. The molecule has 246 valence electrons. The second kappa shape index (κ2) is 12.5. The first-order valence-electron chi connectivity index (χ1n) is 17.8. The molecule has 0 saturated carbocycles. The second-order valence-corrected chi connectivity index (χ2v) is 13.6. The zero-order valence-electron chi connectivity index (χ0n) is 28.7. The minimum atomic E-state index is 0.635. The molecule has 0 amide bonds. The Labute approximate surface area is 307 Å². The fourth-order valence-electron chi connectivity index (χ4n) is 7.82. The minimum absolute atomic E-state index is 0.635. The van der Waals surface area contributed by atoms with Crippen LogP contribution in [0.1, 0.15) is 5.56 Å². The van der Waals surface area contributed by atoms with Crippen molar-refractivity contribution in [2.75, 3.05) is 4.90 Å². The van der Waals surface area contributed by atoms with Crippen molar-refractivity contribution in [1.29, 1.82) is 5.26 Å². The zero-order chi connectivity index (χ0) is 35.3. The first kappa shape index (κ1) is 30.5. The molecule has 1 heterocycles. The van der Waals surface area contributed by atoms with Crippen molar-refractivity contribution in [3.63, 3.8) is 0 Å². The highest BCUT2D eigenvalue weighted by Gasteiger charge is 2.16. The topological polar surface area (TPSA) is 39.9 Å². The minimum Gasteiger partial charge on any atom is -0.310 e. The Morgan fingerprint density at radius 1 is 0.377 bits per heavy atom. The van der Waals surface area contributed by atoms with E-state index in [2.05, 4.69) is 162 Å². The van der Waals surface area contributed by atoms with Gasteiger partial charge in [-0.15, -0.1) is 0 Å². The summed E-state index contributed by atoms with van der Waals surface area (Å²) >= 11 is 0. The first-order valence-corrected chi connectivity index (χ1v) is 17.8. The number of fused-ring (bicyclic) bond motifs is 1. The summed E-state index contributed by atoms with van der Waals surface area (Å²) in [5.74, 6) is 0. The molecule has 0 saturated heterocycles. The van der Waals surface area contributed by atoms with E-state index < -0.39 is 0 Å². The summed E-state index contributed by atoms with van der Waals surface area (Å²) in [4.78, 5) is 6.53. The lowest BCUT2D eigenvalue weighted by Crippen LogP contribution is -2.09. The fourth-order valence-corrected chi connectivity index (χ4v) is 7.82. The van der Waals surface area contributed by atoms with Gasteiger partial charge in [0.25, 0.3) is 0 Å². The number of pyridine rings is 1. The number of nitriles is 1. The lowest BCUT2D eigenvalue weighted by molar-refractivity contribution is 1.28. The van der Waals surface area contributed by atoms with E-state index in [4.69, 9.17) is 0 Å². The number of rotatable bonds is 6. The van der Waals surface area contributed by atoms with E-state index in [0.29, 0.717) is 5.56 Å². The number of hydrogen-bond donors (Lipinski definition) is 0. The molecule has 1 aromatic heterocycles.